The highest BCUT2D eigenvalue weighted by Gasteiger charge is 2.05. The first-order chi connectivity index (χ1) is 8.34. The molecule has 0 aliphatic rings. The Hall–Kier alpha value is -2.56. The molecule has 82 valence electrons. The van der Waals surface area contributed by atoms with Crippen molar-refractivity contribution in [2.75, 3.05) is 5.73 Å². The number of hydrogen-bond acceptors (Lipinski definition) is 5. The Labute approximate surface area is 97.4 Å². The van der Waals surface area contributed by atoms with Crippen LogP contribution >= 0.6 is 0 Å². The molecule has 0 saturated carbocycles. The number of hydrogen-bond donors (Lipinski definition) is 1. The third-order valence-corrected chi connectivity index (χ3v) is 2.47. The van der Waals surface area contributed by atoms with E-state index in [1.165, 1.54) is 6.33 Å². The van der Waals surface area contributed by atoms with Crippen LogP contribution in [0, 0.1) is 0 Å². The van der Waals surface area contributed by atoms with E-state index in [4.69, 9.17) is 5.73 Å². The lowest BCUT2D eigenvalue weighted by atomic mass is 10.2. The van der Waals surface area contributed by atoms with E-state index in [1.807, 2.05) is 24.3 Å². The Kier molecular flexibility index (Phi) is 2.15. The fraction of sp³-hybridized carbons (Fsp3) is 0. The maximum Gasteiger partial charge on any atom is 0.153 e. The molecule has 5 nitrogen and oxygen atoms in total. The summed E-state index contributed by atoms with van der Waals surface area (Å²) in [6.45, 7) is 0. The Morgan fingerprint density at radius 1 is 1.06 bits per heavy atom. The van der Waals surface area contributed by atoms with Crippen LogP contribution in [-0.2, 0) is 0 Å². The molecule has 3 aromatic rings. The number of aromatic nitrogens is 4. The van der Waals surface area contributed by atoms with E-state index < -0.39 is 0 Å². The van der Waals surface area contributed by atoms with Gasteiger partial charge in [0.2, 0.25) is 0 Å². The molecule has 0 aliphatic heterocycles. The molecule has 0 bridgehead atoms. The standard InChI is InChI=1S/C12H9N5/c13-12-11-10(15-7-16-12)4-3-9(17-11)8-2-1-5-14-6-8/h1-7H,(H2,13,15,16). The van der Waals surface area contributed by atoms with Crippen LogP contribution in [0.3, 0.4) is 0 Å². The Morgan fingerprint density at radius 3 is 2.82 bits per heavy atom. The summed E-state index contributed by atoms with van der Waals surface area (Å²) < 4.78 is 0. The van der Waals surface area contributed by atoms with Gasteiger partial charge >= 0.3 is 0 Å². The lowest BCUT2D eigenvalue weighted by Gasteiger charge is -2.03. The molecule has 17 heavy (non-hydrogen) atoms. The van der Waals surface area contributed by atoms with Gasteiger partial charge in [0.1, 0.15) is 11.8 Å². The van der Waals surface area contributed by atoms with Crippen molar-refractivity contribution in [3.05, 3.63) is 43.0 Å². The zero-order chi connectivity index (χ0) is 11.7. The van der Waals surface area contributed by atoms with Crippen LogP contribution in [0.5, 0.6) is 0 Å². The third-order valence-electron chi connectivity index (χ3n) is 2.47. The summed E-state index contributed by atoms with van der Waals surface area (Å²) in [7, 11) is 0. The molecular formula is C12H9N5. The van der Waals surface area contributed by atoms with Crippen LogP contribution in [0.4, 0.5) is 5.82 Å². The maximum absolute atomic E-state index is 5.77. The molecule has 0 amide bonds. The van der Waals surface area contributed by atoms with Gasteiger partial charge in [0.25, 0.3) is 0 Å². The lowest BCUT2D eigenvalue weighted by Crippen LogP contribution is -1.96. The normalized spacial score (nSPS) is 10.6. The fourth-order valence-corrected chi connectivity index (χ4v) is 1.63. The van der Waals surface area contributed by atoms with Crippen molar-refractivity contribution in [1.82, 2.24) is 19.9 Å². The van der Waals surface area contributed by atoms with Crippen LogP contribution in [-0.4, -0.2) is 19.9 Å². The van der Waals surface area contributed by atoms with E-state index in [9.17, 15) is 0 Å². The molecule has 0 spiro atoms. The zero-order valence-corrected chi connectivity index (χ0v) is 8.91. The van der Waals surface area contributed by atoms with Crippen LogP contribution in [0.2, 0.25) is 0 Å². The molecule has 0 aliphatic carbocycles. The summed E-state index contributed by atoms with van der Waals surface area (Å²) >= 11 is 0. The molecule has 0 radical (unpaired) electrons. The molecule has 3 aromatic heterocycles. The minimum Gasteiger partial charge on any atom is -0.382 e. The van der Waals surface area contributed by atoms with Crippen molar-refractivity contribution in [3.63, 3.8) is 0 Å². The summed E-state index contributed by atoms with van der Waals surface area (Å²) in [6.07, 6.45) is 4.92. The van der Waals surface area contributed by atoms with E-state index in [-0.39, 0.29) is 0 Å². The smallest absolute Gasteiger partial charge is 0.153 e. The third kappa shape index (κ3) is 1.67. The van der Waals surface area contributed by atoms with E-state index in [2.05, 4.69) is 19.9 Å². The van der Waals surface area contributed by atoms with E-state index in [1.54, 1.807) is 12.4 Å². The van der Waals surface area contributed by atoms with Crippen LogP contribution in [0.15, 0.2) is 43.0 Å². The van der Waals surface area contributed by atoms with Crippen LogP contribution in [0.25, 0.3) is 22.3 Å². The summed E-state index contributed by atoms with van der Waals surface area (Å²) in [6, 6.07) is 7.59. The lowest BCUT2D eigenvalue weighted by molar-refractivity contribution is 1.20. The van der Waals surface area contributed by atoms with Crippen molar-refractivity contribution < 1.29 is 0 Å². The minimum atomic E-state index is 0.390. The summed E-state index contributed by atoms with van der Waals surface area (Å²) in [5.74, 6) is 0.390. The number of nitrogens with two attached hydrogens (primary N) is 1. The largest absolute Gasteiger partial charge is 0.382 e. The van der Waals surface area contributed by atoms with E-state index >= 15 is 0 Å². The van der Waals surface area contributed by atoms with Crippen molar-refractivity contribution in [2.24, 2.45) is 0 Å². The number of nitrogens with zero attached hydrogens (tertiary/aromatic N) is 4. The Bertz CT molecular complexity index is 666. The molecular weight excluding hydrogens is 214 g/mol. The van der Waals surface area contributed by atoms with E-state index in [0.29, 0.717) is 11.3 Å². The first-order valence-electron chi connectivity index (χ1n) is 5.12. The summed E-state index contributed by atoms with van der Waals surface area (Å²) in [5, 5.41) is 0. The van der Waals surface area contributed by atoms with Gasteiger partial charge in [-0.15, -0.1) is 0 Å². The van der Waals surface area contributed by atoms with Gasteiger partial charge in [-0.25, -0.2) is 15.0 Å². The predicted molar refractivity (Wildman–Crippen MR) is 65.0 cm³/mol. The van der Waals surface area contributed by atoms with E-state index in [0.717, 1.165) is 16.8 Å². The second-order valence-corrected chi connectivity index (χ2v) is 3.56. The highest BCUT2D eigenvalue weighted by molar-refractivity contribution is 5.85. The molecule has 0 unspecified atom stereocenters. The monoisotopic (exact) mass is 223 g/mol. The maximum atomic E-state index is 5.77. The highest BCUT2D eigenvalue weighted by atomic mass is 14.9. The summed E-state index contributed by atoms with van der Waals surface area (Å²) in [5.41, 5.74) is 8.89. The van der Waals surface area contributed by atoms with Gasteiger partial charge in [-0.2, -0.15) is 0 Å². The number of fused-ring (bicyclic) bond motifs is 1. The first-order valence-corrected chi connectivity index (χ1v) is 5.12. The molecule has 3 heterocycles. The first kappa shape index (κ1) is 9.65. The van der Waals surface area contributed by atoms with Crippen LogP contribution < -0.4 is 5.73 Å². The number of rotatable bonds is 1. The number of nitrogen functional groups attached to an aromatic ring is 1. The molecule has 3 rings (SSSR count). The van der Waals surface area contributed by atoms with Crippen molar-refractivity contribution in [1.29, 1.82) is 0 Å². The molecule has 0 saturated heterocycles. The molecule has 0 aromatic carbocycles. The predicted octanol–water partition coefficient (Wildman–Crippen LogP) is 1.67. The molecule has 0 fully saturated rings. The van der Waals surface area contributed by atoms with Gasteiger partial charge in [-0.3, -0.25) is 4.98 Å². The highest BCUT2D eigenvalue weighted by Crippen LogP contribution is 2.20. The number of anilines is 1. The quantitative estimate of drug-likeness (QED) is 0.679. The molecule has 0 atom stereocenters. The van der Waals surface area contributed by atoms with Gasteiger partial charge in [-0.1, -0.05) is 0 Å². The minimum absolute atomic E-state index is 0.390. The molecule has 2 N–H and O–H groups in total. The topological polar surface area (TPSA) is 77.6 Å². The van der Waals surface area contributed by atoms with Crippen molar-refractivity contribution in [3.8, 4) is 11.3 Å². The molecule has 5 heteroatoms. The average molecular weight is 223 g/mol. The van der Waals surface area contributed by atoms with Gasteiger partial charge in [-0.05, 0) is 24.3 Å². The van der Waals surface area contributed by atoms with Gasteiger partial charge in [0, 0.05) is 18.0 Å². The average Bonchev–Trinajstić information content (AvgIpc) is 2.40. The number of pyridine rings is 2. The van der Waals surface area contributed by atoms with Gasteiger partial charge in [0.05, 0.1) is 11.2 Å². The Morgan fingerprint density at radius 2 is 2.00 bits per heavy atom. The van der Waals surface area contributed by atoms with Gasteiger partial charge < -0.3 is 5.73 Å². The second kappa shape index (κ2) is 3.79. The van der Waals surface area contributed by atoms with Crippen LogP contribution in [0.1, 0.15) is 0 Å². The Balaban J connectivity index is 2.23. The van der Waals surface area contributed by atoms with Gasteiger partial charge in [0.15, 0.2) is 5.82 Å². The zero-order valence-electron chi connectivity index (χ0n) is 8.91. The SMILES string of the molecule is Nc1ncnc2ccc(-c3cccnc3)nc12. The fourth-order valence-electron chi connectivity index (χ4n) is 1.63. The summed E-state index contributed by atoms with van der Waals surface area (Å²) in [4.78, 5) is 16.6. The second-order valence-electron chi connectivity index (χ2n) is 3.56. The van der Waals surface area contributed by atoms with Crippen molar-refractivity contribution in [2.45, 2.75) is 0 Å². The van der Waals surface area contributed by atoms with Crippen molar-refractivity contribution >= 4 is 16.9 Å².